The SMILES string of the molecule is Nc1ccc(Oc2ccc(N=C(C(F)(F)F)C(F)(F)F)c(C(O)(C(F)(F)F)C(F)(F)F)c2)cc1. The van der Waals surface area contributed by atoms with Crippen molar-refractivity contribution in [3.05, 3.63) is 48.0 Å². The predicted molar refractivity (Wildman–Crippen MR) is 92.6 cm³/mol. The van der Waals surface area contributed by atoms with Crippen LogP contribution in [0.2, 0.25) is 0 Å². The van der Waals surface area contributed by atoms with Gasteiger partial charge in [0.1, 0.15) is 11.5 Å². The van der Waals surface area contributed by atoms with Crippen LogP contribution in [-0.2, 0) is 5.60 Å². The fourth-order valence-electron chi connectivity index (χ4n) is 2.51. The van der Waals surface area contributed by atoms with Gasteiger partial charge < -0.3 is 15.6 Å². The lowest BCUT2D eigenvalue weighted by molar-refractivity contribution is -0.376. The summed E-state index contributed by atoms with van der Waals surface area (Å²) in [5.41, 5.74) is -8.58. The van der Waals surface area contributed by atoms with Crippen LogP contribution >= 0.6 is 0 Å². The second-order valence-corrected chi connectivity index (χ2v) is 6.51. The number of aliphatic imine (C=N–C) groups is 1. The molecular weight excluding hydrogens is 504 g/mol. The van der Waals surface area contributed by atoms with Crippen molar-refractivity contribution in [3.8, 4) is 11.5 Å². The first-order valence-electron chi connectivity index (χ1n) is 8.44. The first-order chi connectivity index (χ1) is 15.2. The Balaban J connectivity index is 2.85. The Hall–Kier alpha value is -3.17. The molecule has 3 N–H and O–H groups in total. The van der Waals surface area contributed by atoms with Crippen molar-refractivity contribution in [1.29, 1.82) is 0 Å². The van der Waals surface area contributed by atoms with Gasteiger partial charge in [0.25, 0.3) is 5.60 Å². The standard InChI is InChI=1S/C18H10F12N2O2/c19-15(20,21)13(16(22,23)24)32-12-6-5-10(34-9-3-1-8(31)2-4-9)7-11(12)14(33,17(25,26)27)18(28,29)30/h1-7,33H,31H2. The normalized spacial score (nSPS) is 13.6. The lowest BCUT2D eigenvalue weighted by atomic mass is 9.90. The first-order valence-corrected chi connectivity index (χ1v) is 8.44. The molecule has 4 nitrogen and oxygen atoms in total. The molecule has 0 amide bonds. The topological polar surface area (TPSA) is 67.8 Å². The summed E-state index contributed by atoms with van der Waals surface area (Å²) in [7, 11) is 0. The molecule has 0 atom stereocenters. The van der Waals surface area contributed by atoms with E-state index in [1.807, 2.05) is 4.99 Å². The summed E-state index contributed by atoms with van der Waals surface area (Å²) in [6.07, 6.45) is -25.9. The molecule has 0 aliphatic rings. The maximum Gasteiger partial charge on any atom is 0.438 e. The quantitative estimate of drug-likeness (QED) is 0.276. The number of anilines is 1. The summed E-state index contributed by atoms with van der Waals surface area (Å²) in [5, 5.41) is 9.63. The fourth-order valence-corrected chi connectivity index (χ4v) is 2.51. The van der Waals surface area contributed by atoms with Gasteiger partial charge in [-0.2, -0.15) is 52.7 Å². The van der Waals surface area contributed by atoms with E-state index in [1.165, 1.54) is 12.1 Å². The Morgan fingerprint density at radius 1 is 0.706 bits per heavy atom. The molecule has 2 aromatic carbocycles. The van der Waals surface area contributed by atoms with Crippen LogP contribution in [0.15, 0.2) is 47.5 Å². The molecule has 0 radical (unpaired) electrons. The minimum Gasteiger partial charge on any atom is -0.457 e. The van der Waals surface area contributed by atoms with Gasteiger partial charge in [-0.25, -0.2) is 4.99 Å². The smallest absolute Gasteiger partial charge is 0.438 e. The summed E-state index contributed by atoms with van der Waals surface area (Å²) in [6, 6.07) is 4.82. The van der Waals surface area contributed by atoms with Crippen LogP contribution in [0.1, 0.15) is 5.56 Å². The molecule has 0 saturated heterocycles. The Kier molecular flexibility index (Phi) is 6.81. The summed E-state index contributed by atoms with van der Waals surface area (Å²) in [5.74, 6) is -1.14. The molecule has 0 aliphatic carbocycles. The highest BCUT2D eigenvalue weighted by Crippen LogP contribution is 2.53. The van der Waals surface area contributed by atoms with Crippen LogP contribution in [0.3, 0.4) is 0 Å². The second-order valence-electron chi connectivity index (χ2n) is 6.51. The van der Waals surface area contributed by atoms with E-state index < -0.39 is 53.0 Å². The monoisotopic (exact) mass is 514 g/mol. The van der Waals surface area contributed by atoms with Crippen LogP contribution in [0, 0.1) is 0 Å². The fraction of sp³-hybridized carbons (Fsp3) is 0.278. The Morgan fingerprint density at radius 3 is 1.56 bits per heavy atom. The number of nitrogen functional groups attached to an aromatic ring is 1. The van der Waals surface area contributed by atoms with E-state index in [0.717, 1.165) is 12.1 Å². The molecule has 0 bridgehead atoms. The van der Waals surface area contributed by atoms with E-state index in [-0.39, 0.29) is 23.6 Å². The summed E-state index contributed by atoms with van der Waals surface area (Å²) in [6.45, 7) is 0. The van der Waals surface area contributed by atoms with Gasteiger partial charge in [0.2, 0.25) is 5.71 Å². The minimum atomic E-state index is -6.65. The largest absolute Gasteiger partial charge is 0.457 e. The van der Waals surface area contributed by atoms with E-state index in [9.17, 15) is 57.8 Å². The number of halogens is 12. The van der Waals surface area contributed by atoms with Crippen molar-refractivity contribution in [1.82, 2.24) is 0 Å². The van der Waals surface area contributed by atoms with E-state index in [4.69, 9.17) is 10.5 Å². The third kappa shape index (κ3) is 5.48. The van der Waals surface area contributed by atoms with E-state index in [2.05, 4.69) is 0 Å². The van der Waals surface area contributed by atoms with E-state index in [1.54, 1.807) is 0 Å². The molecule has 0 spiro atoms. The van der Waals surface area contributed by atoms with Gasteiger partial charge in [-0.15, -0.1) is 0 Å². The predicted octanol–water partition coefficient (Wildman–Crippen LogP) is 6.57. The highest BCUT2D eigenvalue weighted by Gasteiger charge is 2.72. The number of aliphatic hydroxyl groups is 1. The highest BCUT2D eigenvalue weighted by atomic mass is 19.4. The van der Waals surface area contributed by atoms with Gasteiger partial charge in [-0.3, -0.25) is 0 Å². The average molecular weight is 514 g/mol. The molecule has 2 rings (SSSR count). The van der Waals surface area contributed by atoms with Crippen molar-refractivity contribution in [2.45, 2.75) is 30.3 Å². The van der Waals surface area contributed by atoms with Crippen LogP contribution in [-0.4, -0.2) is 35.5 Å². The van der Waals surface area contributed by atoms with Gasteiger partial charge >= 0.3 is 24.7 Å². The number of hydrogen-bond donors (Lipinski definition) is 2. The van der Waals surface area contributed by atoms with Gasteiger partial charge in [0.05, 0.1) is 5.69 Å². The van der Waals surface area contributed by atoms with Crippen LogP contribution in [0.5, 0.6) is 11.5 Å². The molecule has 188 valence electrons. The molecule has 34 heavy (non-hydrogen) atoms. The van der Waals surface area contributed by atoms with Crippen molar-refractivity contribution in [2.24, 2.45) is 4.99 Å². The van der Waals surface area contributed by atoms with E-state index in [0.29, 0.717) is 6.07 Å². The molecule has 0 fully saturated rings. The molecule has 0 aromatic heterocycles. The summed E-state index contributed by atoms with van der Waals surface area (Å²) in [4.78, 5) is 1.99. The number of alkyl halides is 12. The van der Waals surface area contributed by atoms with E-state index >= 15 is 0 Å². The third-order valence-electron chi connectivity index (χ3n) is 4.06. The lowest BCUT2D eigenvalue weighted by Gasteiger charge is -2.33. The Morgan fingerprint density at radius 2 is 1.15 bits per heavy atom. The molecule has 0 saturated carbocycles. The van der Waals surface area contributed by atoms with Crippen molar-refractivity contribution < 1.29 is 62.5 Å². The minimum absolute atomic E-state index is 0.0259. The second kappa shape index (κ2) is 8.56. The van der Waals surface area contributed by atoms with Gasteiger partial charge in [-0.05, 0) is 42.5 Å². The van der Waals surface area contributed by atoms with Crippen LogP contribution in [0.4, 0.5) is 64.1 Å². The number of rotatable bonds is 4. The van der Waals surface area contributed by atoms with Crippen LogP contribution in [0.25, 0.3) is 0 Å². The third-order valence-corrected chi connectivity index (χ3v) is 4.06. The first kappa shape index (κ1) is 27.1. The number of hydrogen-bond acceptors (Lipinski definition) is 4. The van der Waals surface area contributed by atoms with Crippen molar-refractivity contribution in [3.63, 3.8) is 0 Å². The molecular formula is C18H10F12N2O2. The van der Waals surface area contributed by atoms with Gasteiger partial charge in [-0.1, -0.05) is 0 Å². The molecule has 0 aliphatic heterocycles. The number of ether oxygens (including phenoxy) is 1. The summed E-state index contributed by atoms with van der Waals surface area (Å²) < 4.78 is 162. The van der Waals surface area contributed by atoms with Gasteiger partial charge in [0.15, 0.2) is 0 Å². The zero-order valence-corrected chi connectivity index (χ0v) is 16.0. The number of nitrogens with zero attached hydrogens (tertiary/aromatic N) is 1. The highest BCUT2D eigenvalue weighted by molar-refractivity contribution is 5.96. The molecule has 2 aromatic rings. The molecule has 0 unspecified atom stereocenters. The average Bonchev–Trinajstić information content (AvgIpc) is 2.64. The van der Waals surface area contributed by atoms with Crippen molar-refractivity contribution in [2.75, 3.05) is 5.73 Å². The maximum atomic E-state index is 13.4. The van der Waals surface area contributed by atoms with Gasteiger partial charge in [0, 0.05) is 11.3 Å². The van der Waals surface area contributed by atoms with Crippen molar-refractivity contribution >= 4 is 17.1 Å². The Bertz CT molecular complexity index is 1020. The zero-order chi connectivity index (χ0) is 26.3. The lowest BCUT2D eigenvalue weighted by Crippen LogP contribution is -2.54. The molecule has 16 heteroatoms. The number of benzene rings is 2. The zero-order valence-electron chi connectivity index (χ0n) is 16.0. The maximum absolute atomic E-state index is 13.4. The number of nitrogens with two attached hydrogens (primary N) is 1. The molecule has 0 heterocycles. The Labute approximate surface area is 181 Å². The summed E-state index contributed by atoms with van der Waals surface area (Å²) >= 11 is 0. The van der Waals surface area contributed by atoms with Crippen LogP contribution < -0.4 is 10.5 Å².